The van der Waals surface area contributed by atoms with Crippen LogP contribution >= 0.6 is 0 Å². The fourth-order valence-electron chi connectivity index (χ4n) is 6.50. The molecule has 0 aromatic rings. The average Bonchev–Trinajstić information content (AvgIpc) is 3.18. The van der Waals surface area contributed by atoms with Crippen molar-refractivity contribution >= 4 is 11.9 Å². The highest BCUT2D eigenvalue weighted by molar-refractivity contribution is 5.78. The molecule has 0 rings (SSSR count). The Balaban J connectivity index is 4.56. The predicted molar refractivity (Wildman–Crippen MR) is 229 cm³/mol. The van der Waals surface area contributed by atoms with Gasteiger partial charge in [0.2, 0.25) is 0 Å². The minimum absolute atomic E-state index is 0.0148. The number of nitrogens with zero attached hydrogens (tertiary/aromatic N) is 2. The molecule has 2 unspecified atom stereocenters. The van der Waals surface area contributed by atoms with Gasteiger partial charge in [0.15, 0.2) is 0 Å². The van der Waals surface area contributed by atoms with Crippen molar-refractivity contribution in [3.63, 3.8) is 0 Å². The van der Waals surface area contributed by atoms with Gasteiger partial charge in [-0.3, -0.25) is 9.69 Å². The molecule has 0 radical (unpaired) electrons. The second kappa shape index (κ2) is 41.0. The number of aliphatic hydroxyl groups is 1. The number of ketones is 1. The van der Waals surface area contributed by atoms with Crippen LogP contribution in [0.2, 0.25) is 0 Å². The standard InChI is InChI=1S/C47H84N2O6/c1-5-7-9-11-13-14-15-16-17-18-19-20-22-24-26-30-44(4)54-41-45(42-55-47(52)53-40-28-37-49(38-39-50)36-27-35-48)32-34-46(51)33-31-43(3)29-25-23-21-12-10-8-6-2/h13-14,16-17,43,45,50H,4-12,15,18-34,36-42H2,1-3H3/b14-13-,17-16-. The van der Waals surface area contributed by atoms with E-state index in [2.05, 4.69) is 57.7 Å². The maximum atomic E-state index is 12.9. The molecule has 0 aliphatic carbocycles. The lowest BCUT2D eigenvalue weighted by Crippen LogP contribution is -2.30. The van der Waals surface area contributed by atoms with Gasteiger partial charge in [-0.05, 0) is 63.7 Å². The van der Waals surface area contributed by atoms with Gasteiger partial charge in [0, 0.05) is 51.2 Å². The number of aliphatic hydroxyl groups excluding tert-OH is 1. The van der Waals surface area contributed by atoms with Gasteiger partial charge in [-0.15, -0.1) is 0 Å². The van der Waals surface area contributed by atoms with E-state index in [4.69, 9.17) is 19.5 Å². The van der Waals surface area contributed by atoms with Gasteiger partial charge >= 0.3 is 6.16 Å². The van der Waals surface area contributed by atoms with E-state index in [1.807, 2.05) is 4.90 Å². The summed E-state index contributed by atoms with van der Waals surface area (Å²) in [6, 6.07) is 2.12. The molecule has 8 nitrogen and oxygen atoms in total. The van der Waals surface area contributed by atoms with Crippen LogP contribution in [0.5, 0.6) is 0 Å². The number of hydrogen-bond donors (Lipinski definition) is 1. The van der Waals surface area contributed by atoms with Crippen LogP contribution in [0.4, 0.5) is 4.79 Å². The summed E-state index contributed by atoms with van der Waals surface area (Å²) in [6.45, 7) is 13.2. The van der Waals surface area contributed by atoms with E-state index in [9.17, 15) is 14.7 Å². The summed E-state index contributed by atoms with van der Waals surface area (Å²) in [4.78, 5) is 27.3. The Labute approximate surface area is 338 Å². The Morgan fingerprint density at radius 2 is 1.29 bits per heavy atom. The van der Waals surface area contributed by atoms with Gasteiger partial charge < -0.3 is 19.3 Å². The Morgan fingerprint density at radius 3 is 1.98 bits per heavy atom. The van der Waals surface area contributed by atoms with Gasteiger partial charge in [-0.2, -0.15) is 5.26 Å². The molecular formula is C47H84N2O6. The number of unbranched alkanes of at least 4 members (excludes halogenated alkanes) is 14. The first-order valence-corrected chi connectivity index (χ1v) is 22.5. The van der Waals surface area contributed by atoms with Crippen LogP contribution in [0.1, 0.15) is 188 Å². The molecule has 0 aliphatic heterocycles. The third-order valence-corrected chi connectivity index (χ3v) is 10.2. The lowest BCUT2D eigenvalue weighted by atomic mass is 9.94. The first-order chi connectivity index (χ1) is 26.9. The van der Waals surface area contributed by atoms with E-state index in [1.54, 1.807) is 0 Å². The summed E-state index contributed by atoms with van der Waals surface area (Å²) in [5.74, 6) is 1.42. The zero-order chi connectivity index (χ0) is 40.5. The van der Waals surface area contributed by atoms with Gasteiger partial charge in [0.05, 0.1) is 31.6 Å². The molecule has 0 heterocycles. The summed E-state index contributed by atoms with van der Waals surface area (Å²) in [6.07, 6.45) is 36.2. The lowest BCUT2D eigenvalue weighted by Gasteiger charge is -2.20. The molecule has 0 aromatic heterocycles. The van der Waals surface area contributed by atoms with Gasteiger partial charge in [0.1, 0.15) is 12.4 Å². The maximum Gasteiger partial charge on any atom is 0.508 e. The van der Waals surface area contributed by atoms with Crippen LogP contribution in [-0.4, -0.2) is 68.0 Å². The van der Waals surface area contributed by atoms with Gasteiger partial charge in [0.25, 0.3) is 0 Å². The van der Waals surface area contributed by atoms with Gasteiger partial charge in [-0.25, -0.2) is 4.79 Å². The van der Waals surface area contributed by atoms with E-state index in [1.165, 1.54) is 96.3 Å². The minimum atomic E-state index is -0.731. The topological polar surface area (TPSA) is 109 Å². The average molecular weight is 773 g/mol. The van der Waals surface area contributed by atoms with E-state index < -0.39 is 6.16 Å². The molecule has 55 heavy (non-hydrogen) atoms. The molecule has 0 fully saturated rings. The minimum Gasteiger partial charge on any atom is -0.498 e. The number of rotatable bonds is 41. The maximum absolute atomic E-state index is 12.9. The molecular weight excluding hydrogens is 689 g/mol. The number of carbonyl (C=O) groups excluding carboxylic acids is 2. The van der Waals surface area contributed by atoms with Crippen LogP contribution in [0, 0.1) is 23.2 Å². The van der Waals surface area contributed by atoms with Crippen molar-refractivity contribution in [2.45, 2.75) is 188 Å². The van der Waals surface area contributed by atoms with Crippen molar-refractivity contribution < 1.29 is 28.9 Å². The molecule has 318 valence electrons. The van der Waals surface area contributed by atoms with Crippen LogP contribution < -0.4 is 0 Å². The highest BCUT2D eigenvalue weighted by Gasteiger charge is 2.17. The Bertz CT molecular complexity index is 1010. The number of Topliss-reactive ketones (excluding diaryl/α,β-unsaturated/α-hetero) is 1. The summed E-state index contributed by atoms with van der Waals surface area (Å²) in [5, 5.41) is 18.1. The molecule has 0 spiro atoms. The molecule has 0 bridgehead atoms. The first-order valence-electron chi connectivity index (χ1n) is 22.5. The SMILES string of the molecule is C=C(CCCCCCC/C=C\C/C=C\CCCCC)OCC(CCC(=O)CCC(C)CCCCCCCCC)COC(=O)OCCCN(CCO)CCC#N. The molecule has 0 saturated heterocycles. The van der Waals surface area contributed by atoms with Crippen LogP contribution in [0.25, 0.3) is 0 Å². The molecule has 0 saturated carbocycles. The van der Waals surface area contributed by atoms with E-state index in [0.29, 0.717) is 64.3 Å². The first kappa shape index (κ1) is 52.4. The second-order valence-corrected chi connectivity index (χ2v) is 15.6. The number of hydrogen-bond acceptors (Lipinski definition) is 8. The fraction of sp³-hybridized carbons (Fsp3) is 0.809. The van der Waals surface area contributed by atoms with Crippen molar-refractivity contribution in [3.05, 3.63) is 36.6 Å². The quantitative estimate of drug-likeness (QED) is 0.0283. The Kier molecular flexibility index (Phi) is 39.1. The Morgan fingerprint density at radius 1 is 0.691 bits per heavy atom. The van der Waals surface area contributed by atoms with E-state index in [0.717, 1.165) is 44.3 Å². The molecule has 8 heteroatoms. The molecule has 0 aliphatic rings. The van der Waals surface area contributed by atoms with Crippen molar-refractivity contribution in [3.8, 4) is 6.07 Å². The zero-order valence-electron chi connectivity index (χ0n) is 35.9. The number of allylic oxidation sites excluding steroid dienone is 5. The molecule has 2 atom stereocenters. The van der Waals surface area contributed by atoms with Crippen molar-refractivity contribution in [2.75, 3.05) is 46.1 Å². The highest BCUT2D eigenvalue weighted by atomic mass is 16.7. The second-order valence-electron chi connectivity index (χ2n) is 15.6. The molecule has 0 aromatic carbocycles. The molecule has 0 amide bonds. The molecule has 1 N–H and O–H groups in total. The van der Waals surface area contributed by atoms with E-state index in [-0.39, 0.29) is 31.5 Å². The highest BCUT2D eigenvalue weighted by Crippen LogP contribution is 2.20. The largest absolute Gasteiger partial charge is 0.508 e. The third kappa shape index (κ3) is 38.0. The van der Waals surface area contributed by atoms with Crippen molar-refractivity contribution in [1.82, 2.24) is 4.90 Å². The summed E-state index contributed by atoms with van der Waals surface area (Å²) < 4.78 is 16.8. The Hall–Kier alpha value is -2.63. The fourth-order valence-corrected chi connectivity index (χ4v) is 6.50. The van der Waals surface area contributed by atoms with E-state index >= 15 is 0 Å². The smallest absolute Gasteiger partial charge is 0.498 e. The van der Waals surface area contributed by atoms with Crippen LogP contribution in [0.3, 0.4) is 0 Å². The summed E-state index contributed by atoms with van der Waals surface area (Å²) in [7, 11) is 0. The number of carbonyl (C=O) groups is 2. The van der Waals surface area contributed by atoms with Gasteiger partial charge in [-0.1, -0.05) is 135 Å². The monoisotopic (exact) mass is 773 g/mol. The predicted octanol–water partition coefficient (Wildman–Crippen LogP) is 12.6. The van der Waals surface area contributed by atoms with Crippen LogP contribution in [0.15, 0.2) is 36.6 Å². The van der Waals surface area contributed by atoms with Crippen molar-refractivity contribution in [1.29, 1.82) is 5.26 Å². The lowest BCUT2D eigenvalue weighted by molar-refractivity contribution is -0.119. The summed E-state index contributed by atoms with van der Waals surface area (Å²) >= 11 is 0. The summed E-state index contributed by atoms with van der Waals surface area (Å²) in [5.41, 5.74) is 0. The number of nitriles is 1. The number of ether oxygens (including phenoxy) is 3. The third-order valence-electron chi connectivity index (χ3n) is 10.2. The van der Waals surface area contributed by atoms with Crippen molar-refractivity contribution in [2.24, 2.45) is 11.8 Å². The van der Waals surface area contributed by atoms with Crippen LogP contribution in [-0.2, 0) is 19.0 Å². The zero-order valence-corrected chi connectivity index (χ0v) is 35.9. The normalized spacial score (nSPS) is 12.7.